The molecule has 1 aromatic carbocycles. The molecule has 0 unspecified atom stereocenters. The number of aryl methyl sites for hydroxylation is 1. The van der Waals surface area contributed by atoms with Gasteiger partial charge in [-0.2, -0.15) is 4.73 Å². The van der Waals surface area contributed by atoms with E-state index in [-0.39, 0.29) is 6.61 Å². The topological polar surface area (TPSA) is 53.2 Å². The number of ether oxygens (including phenoxy) is 1. The Hall–Kier alpha value is -2.36. The molecule has 0 aliphatic rings. The van der Waals surface area contributed by atoms with Crippen LogP contribution in [0.2, 0.25) is 0 Å². The van der Waals surface area contributed by atoms with Crippen LogP contribution in [0.25, 0.3) is 0 Å². The van der Waals surface area contributed by atoms with Crippen LogP contribution in [0.1, 0.15) is 21.5 Å². The lowest BCUT2D eigenvalue weighted by molar-refractivity contribution is -0.605. The van der Waals surface area contributed by atoms with Crippen molar-refractivity contribution in [3.05, 3.63) is 70.7 Å². The first-order valence-corrected chi connectivity index (χ1v) is 5.57. The third-order valence-electron chi connectivity index (χ3n) is 2.59. The van der Waals surface area contributed by atoms with Gasteiger partial charge in [0.25, 0.3) is 0 Å². The third-order valence-corrected chi connectivity index (χ3v) is 2.59. The average molecular weight is 243 g/mol. The molecule has 0 spiro atoms. The number of aromatic nitrogens is 1. The van der Waals surface area contributed by atoms with Gasteiger partial charge < -0.3 is 9.94 Å². The quantitative estimate of drug-likeness (QED) is 0.470. The fourth-order valence-electron chi connectivity index (χ4n) is 1.56. The Kier molecular flexibility index (Phi) is 3.57. The van der Waals surface area contributed by atoms with Gasteiger partial charge in [0.05, 0.1) is 0 Å². The number of hydrogen-bond acceptors (Lipinski definition) is 3. The molecule has 2 rings (SSSR count). The molecule has 92 valence electrons. The Labute approximate surface area is 105 Å². The average Bonchev–Trinajstić information content (AvgIpc) is 2.40. The highest BCUT2D eigenvalue weighted by Crippen LogP contribution is 2.08. The smallest absolute Gasteiger partial charge is 0.344 e. The summed E-state index contributed by atoms with van der Waals surface area (Å²) in [5, 5.41) is 11.1. The van der Waals surface area contributed by atoms with Crippen LogP contribution in [0.15, 0.2) is 48.8 Å². The fraction of sp³-hybridized carbons (Fsp3) is 0.143. The molecule has 0 atom stereocenters. The summed E-state index contributed by atoms with van der Waals surface area (Å²) in [6.07, 6.45) is 2.58. The van der Waals surface area contributed by atoms with E-state index >= 15 is 0 Å². The van der Waals surface area contributed by atoms with Gasteiger partial charge in [-0.25, -0.2) is 4.79 Å². The number of benzene rings is 1. The van der Waals surface area contributed by atoms with Gasteiger partial charge in [0.15, 0.2) is 12.4 Å². The van der Waals surface area contributed by atoms with E-state index in [1.165, 1.54) is 12.4 Å². The highest BCUT2D eigenvalue weighted by atomic mass is 16.5. The Morgan fingerprint density at radius 3 is 2.72 bits per heavy atom. The molecule has 0 N–H and O–H groups in total. The molecule has 0 bridgehead atoms. The van der Waals surface area contributed by atoms with Crippen molar-refractivity contribution in [2.45, 2.75) is 13.5 Å². The van der Waals surface area contributed by atoms with Crippen LogP contribution in [0.3, 0.4) is 0 Å². The zero-order valence-electron chi connectivity index (χ0n) is 10.00. The van der Waals surface area contributed by atoms with E-state index in [1.54, 1.807) is 13.0 Å². The summed E-state index contributed by atoms with van der Waals surface area (Å²) in [5.41, 5.74) is 1.93. The van der Waals surface area contributed by atoms with Gasteiger partial charge in [-0.15, -0.1) is 0 Å². The first kappa shape index (κ1) is 12.1. The molecule has 0 radical (unpaired) electrons. The number of esters is 1. The number of hydrogen-bond donors (Lipinski definition) is 0. The lowest BCUT2D eigenvalue weighted by atomic mass is 10.1. The molecular formula is C14H13NO3. The van der Waals surface area contributed by atoms with Crippen molar-refractivity contribution in [3.63, 3.8) is 0 Å². The van der Waals surface area contributed by atoms with E-state index in [2.05, 4.69) is 0 Å². The van der Waals surface area contributed by atoms with E-state index < -0.39 is 5.97 Å². The molecular weight excluding hydrogens is 230 g/mol. The maximum Gasteiger partial charge on any atom is 0.344 e. The minimum absolute atomic E-state index is 0.201. The second-order valence-electron chi connectivity index (χ2n) is 3.96. The predicted molar refractivity (Wildman–Crippen MR) is 65.7 cm³/mol. The number of pyridine rings is 1. The fourth-order valence-corrected chi connectivity index (χ4v) is 1.56. The molecule has 1 aromatic heterocycles. The van der Waals surface area contributed by atoms with Gasteiger partial charge in [-0.3, -0.25) is 0 Å². The van der Waals surface area contributed by atoms with Crippen LogP contribution in [-0.4, -0.2) is 5.97 Å². The summed E-state index contributed by atoms with van der Waals surface area (Å²) < 4.78 is 5.75. The van der Waals surface area contributed by atoms with E-state index in [4.69, 9.17) is 4.74 Å². The molecule has 0 saturated heterocycles. The Morgan fingerprint density at radius 2 is 2.00 bits per heavy atom. The summed E-state index contributed by atoms with van der Waals surface area (Å²) in [5.74, 6) is -0.485. The summed E-state index contributed by atoms with van der Waals surface area (Å²) in [6.45, 7) is 1.96. The Bertz CT molecular complexity index is 552. The molecule has 4 heteroatoms. The minimum Gasteiger partial charge on any atom is -0.619 e. The van der Waals surface area contributed by atoms with Crippen molar-refractivity contribution in [2.75, 3.05) is 0 Å². The molecule has 2 aromatic rings. The highest BCUT2D eigenvalue weighted by molar-refractivity contribution is 5.90. The lowest BCUT2D eigenvalue weighted by Gasteiger charge is -2.06. The van der Waals surface area contributed by atoms with Gasteiger partial charge >= 0.3 is 5.97 Å². The van der Waals surface area contributed by atoms with E-state index in [9.17, 15) is 10.0 Å². The Balaban J connectivity index is 2.06. The van der Waals surface area contributed by atoms with Crippen LogP contribution in [0.5, 0.6) is 0 Å². The van der Waals surface area contributed by atoms with Gasteiger partial charge in [-0.1, -0.05) is 30.3 Å². The van der Waals surface area contributed by atoms with Crippen LogP contribution in [-0.2, 0) is 11.3 Å². The summed E-state index contributed by atoms with van der Waals surface area (Å²) in [4.78, 5) is 11.8. The molecule has 0 saturated carbocycles. The third kappa shape index (κ3) is 2.85. The second-order valence-corrected chi connectivity index (χ2v) is 3.96. The maximum atomic E-state index is 11.8. The maximum absolute atomic E-state index is 11.8. The predicted octanol–water partition coefficient (Wildman–Crippen LogP) is 1.99. The molecule has 4 nitrogen and oxygen atoms in total. The molecule has 0 amide bonds. The van der Waals surface area contributed by atoms with Crippen molar-refractivity contribution in [3.8, 4) is 0 Å². The monoisotopic (exact) mass is 243 g/mol. The van der Waals surface area contributed by atoms with Gasteiger partial charge in [0.2, 0.25) is 0 Å². The van der Waals surface area contributed by atoms with Crippen LogP contribution < -0.4 is 4.73 Å². The van der Waals surface area contributed by atoms with Crippen molar-refractivity contribution in [2.24, 2.45) is 0 Å². The van der Waals surface area contributed by atoms with Gasteiger partial charge in [-0.05, 0) is 18.1 Å². The van der Waals surface area contributed by atoms with Crippen molar-refractivity contribution in [1.82, 2.24) is 0 Å². The van der Waals surface area contributed by atoms with Crippen molar-refractivity contribution < 1.29 is 14.3 Å². The van der Waals surface area contributed by atoms with Crippen molar-refractivity contribution >= 4 is 5.97 Å². The Morgan fingerprint density at radius 1 is 1.28 bits per heavy atom. The number of carbonyl (C=O) groups excluding carboxylic acids is 1. The SMILES string of the molecule is Cc1cc[n+]([O-])cc1C(=O)OCc1ccccc1. The van der Waals surface area contributed by atoms with Crippen LogP contribution >= 0.6 is 0 Å². The van der Waals surface area contributed by atoms with E-state index in [0.717, 1.165) is 11.1 Å². The standard InChI is InChI=1S/C14H13NO3/c1-11-7-8-15(17)9-13(11)14(16)18-10-12-5-3-2-4-6-12/h2-9H,10H2,1H3. The molecule has 18 heavy (non-hydrogen) atoms. The zero-order valence-corrected chi connectivity index (χ0v) is 10.00. The summed E-state index contributed by atoms with van der Waals surface area (Å²) in [6, 6.07) is 11.0. The number of nitrogens with zero attached hydrogens (tertiary/aromatic N) is 1. The van der Waals surface area contributed by atoms with Crippen LogP contribution in [0, 0.1) is 12.1 Å². The molecule has 1 heterocycles. The zero-order chi connectivity index (χ0) is 13.0. The normalized spacial score (nSPS) is 10.1. The largest absolute Gasteiger partial charge is 0.619 e. The first-order valence-electron chi connectivity index (χ1n) is 5.57. The molecule has 0 aliphatic heterocycles. The van der Waals surface area contributed by atoms with Gasteiger partial charge in [0.1, 0.15) is 12.2 Å². The van der Waals surface area contributed by atoms with E-state index in [1.807, 2.05) is 30.3 Å². The number of rotatable bonds is 3. The summed E-state index contributed by atoms with van der Waals surface area (Å²) >= 11 is 0. The number of carbonyl (C=O) groups is 1. The summed E-state index contributed by atoms with van der Waals surface area (Å²) in [7, 11) is 0. The van der Waals surface area contributed by atoms with Crippen LogP contribution in [0.4, 0.5) is 0 Å². The highest BCUT2D eigenvalue weighted by Gasteiger charge is 2.14. The molecule has 0 aliphatic carbocycles. The second kappa shape index (κ2) is 5.31. The van der Waals surface area contributed by atoms with Crippen molar-refractivity contribution in [1.29, 1.82) is 0 Å². The van der Waals surface area contributed by atoms with Gasteiger partial charge in [0, 0.05) is 6.07 Å². The van der Waals surface area contributed by atoms with E-state index in [0.29, 0.717) is 10.3 Å². The minimum atomic E-state index is -0.485. The first-order chi connectivity index (χ1) is 8.66. The lowest BCUT2D eigenvalue weighted by Crippen LogP contribution is -2.27. The molecule has 0 fully saturated rings.